The summed E-state index contributed by atoms with van der Waals surface area (Å²) in [6, 6.07) is 9.13. The van der Waals surface area contributed by atoms with Gasteiger partial charge in [0.2, 0.25) is 0 Å². The van der Waals surface area contributed by atoms with Gasteiger partial charge in [0.15, 0.2) is 16.6 Å². The van der Waals surface area contributed by atoms with Crippen LogP contribution in [0, 0.1) is 0 Å². The lowest BCUT2D eigenvalue weighted by Gasteiger charge is -2.21. The van der Waals surface area contributed by atoms with Gasteiger partial charge in [0, 0.05) is 26.0 Å². The second-order valence-corrected chi connectivity index (χ2v) is 8.43. The van der Waals surface area contributed by atoms with Crippen molar-refractivity contribution in [1.82, 2.24) is 24.0 Å². The van der Waals surface area contributed by atoms with E-state index < -0.39 is 11.7 Å². The number of nitrogens with two attached hydrogens (primary N) is 1. The van der Waals surface area contributed by atoms with Crippen molar-refractivity contribution in [3.8, 4) is 0 Å². The van der Waals surface area contributed by atoms with Gasteiger partial charge >= 0.3 is 11.7 Å². The number of nitrogens with zero attached hydrogens (tertiary/aromatic N) is 5. The van der Waals surface area contributed by atoms with Crippen LogP contribution < -0.4 is 11.4 Å². The molecule has 0 bridgehead atoms. The van der Waals surface area contributed by atoms with Gasteiger partial charge in [-0.1, -0.05) is 55.9 Å². The van der Waals surface area contributed by atoms with Gasteiger partial charge in [-0.15, -0.1) is 0 Å². The van der Waals surface area contributed by atoms with Gasteiger partial charge in [0.05, 0.1) is 13.2 Å². The molecule has 1 aromatic carbocycles. The third kappa shape index (κ3) is 5.13. The monoisotopic (exact) mass is 458 g/mol. The number of methoxy groups -OCH3 is 1. The maximum absolute atomic E-state index is 13.5. The van der Waals surface area contributed by atoms with E-state index in [1.807, 2.05) is 37.3 Å². The van der Waals surface area contributed by atoms with Gasteiger partial charge in [0.25, 0.3) is 0 Å². The Hall–Kier alpha value is -2.85. The van der Waals surface area contributed by atoms with Crippen LogP contribution in [-0.4, -0.2) is 62.6 Å². The average Bonchev–Trinajstić information content (AvgIpc) is 3.07. The number of anilines is 1. The maximum atomic E-state index is 13.5. The van der Waals surface area contributed by atoms with Crippen LogP contribution in [0.2, 0.25) is 0 Å². The number of ether oxygens (including phenoxy) is 1. The molecule has 2 aromatic heterocycles. The minimum absolute atomic E-state index is 0.119. The summed E-state index contributed by atoms with van der Waals surface area (Å²) in [4.78, 5) is 37.6. The molecule has 0 aliphatic carbocycles. The first-order valence-corrected chi connectivity index (χ1v) is 11.7. The van der Waals surface area contributed by atoms with Gasteiger partial charge in [0.1, 0.15) is 5.52 Å². The first-order valence-electron chi connectivity index (χ1n) is 10.7. The molecule has 0 unspecified atom stereocenters. The second-order valence-electron chi connectivity index (χ2n) is 7.36. The summed E-state index contributed by atoms with van der Waals surface area (Å²) >= 11 is 1.47. The molecular weight excluding hydrogens is 428 g/mol. The molecular formula is C22H30N6O3S. The number of aromatic nitrogens is 4. The molecule has 3 aromatic rings. The Morgan fingerprint density at radius 1 is 1.16 bits per heavy atom. The minimum atomic E-state index is -0.481. The number of imidazole rings is 1. The lowest BCUT2D eigenvalue weighted by Crippen LogP contribution is -2.42. The topological polar surface area (TPSA) is 108 Å². The molecule has 1 amide bonds. The van der Waals surface area contributed by atoms with Crippen LogP contribution in [-0.2, 0) is 11.3 Å². The number of carbonyl (C=O) groups is 1. The molecule has 0 aliphatic rings. The predicted molar refractivity (Wildman–Crippen MR) is 127 cm³/mol. The van der Waals surface area contributed by atoms with Gasteiger partial charge in [-0.2, -0.15) is 0 Å². The van der Waals surface area contributed by atoms with Crippen LogP contribution in [0.4, 0.5) is 10.6 Å². The first-order chi connectivity index (χ1) is 15.5. The predicted octanol–water partition coefficient (Wildman–Crippen LogP) is 3.05. The third-order valence-corrected chi connectivity index (χ3v) is 5.97. The number of carbonyl (C=O) groups excluding carboxylic acids is 1. The van der Waals surface area contributed by atoms with E-state index in [1.54, 1.807) is 12.0 Å². The Labute approximate surface area is 191 Å². The molecule has 0 fully saturated rings. The lowest BCUT2D eigenvalue weighted by atomic mass is 10.2. The average molecular weight is 459 g/mol. The summed E-state index contributed by atoms with van der Waals surface area (Å²) in [5.41, 5.74) is 7.33. The molecule has 3 rings (SSSR count). The Balaban J connectivity index is 2.18. The molecule has 0 aliphatic heterocycles. The minimum Gasteiger partial charge on any atom is -0.383 e. The summed E-state index contributed by atoms with van der Waals surface area (Å²) in [6.07, 6.45) is 1.70. The van der Waals surface area contributed by atoms with Crippen molar-refractivity contribution < 1.29 is 9.53 Å². The van der Waals surface area contributed by atoms with Gasteiger partial charge in [-0.3, -0.25) is 4.57 Å². The summed E-state index contributed by atoms with van der Waals surface area (Å²) in [6.45, 7) is 5.54. The molecule has 0 saturated heterocycles. The number of rotatable bonds is 10. The summed E-state index contributed by atoms with van der Waals surface area (Å²) < 4.78 is 7.75. The summed E-state index contributed by atoms with van der Waals surface area (Å²) in [5.74, 6) is 0.948. The zero-order valence-corrected chi connectivity index (χ0v) is 19.6. The summed E-state index contributed by atoms with van der Waals surface area (Å²) in [5, 5.41) is 0.494. The number of fused-ring (bicyclic) bond motifs is 1. The number of benzene rings is 1. The van der Waals surface area contributed by atoms with Crippen LogP contribution in [0.1, 0.15) is 32.3 Å². The Morgan fingerprint density at radius 3 is 2.56 bits per heavy atom. The van der Waals surface area contributed by atoms with E-state index in [2.05, 4.69) is 16.9 Å². The number of amides is 1. The van der Waals surface area contributed by atoms with Crippen molar-refractivity contribution in [1.29, 1.82) is 0 Å². The van der Waals surface area contributed by atoms with Crippen LogP contribution in [0.5, 0.6) is 0 Å². The fraction of sp³-hybridized carbons (Fsp3) is 0.455. The highest BCUT2D eigenvalue weighted by Gasteiger charge is 2.26. The highest BCUT2D eigenvalue weighted by atomic mass is 32.2. The molecule has 32 heavy (non-hydrogen) atoms. The van der Waals surface area contributed by atoms with Crippen molar-refractivity contribution >= 4 is 34.8 Å². The zero-order chi connectivity index (χ0) is 23.1. The summed E-state index contributed by atoms with van der Waals surface area (Å²) in [7, 11) is 1.58. The van der Waals surface area contributed by atoms with Gasteiger partial charge in [-0.05, 0) is 18.4 Å². The Bertz CT molecular complexity index is 1110. The second kappa shape index (κ2) is 11.1. The number of hydrogen-bond acceptors (Lipinski definition) is 7. The fourth-order valence-corrected chi connectivity index (χ4v) is 4.11. The van der Waals surface area contributed by atoms with Crippen LogP contribution in [0.3, 0.4) is 0 Å². The quantitative estimate of drug-likeness (QED) is 0.367. The van der Waals surface area contributed by atoms with Crippen molar-refractivity contribution in [2.45, 2.75) is 38.4 Å². The highest BCUT2D eigenvalue weighted by molar-refractivity contribution is 7.99. The van der Waals surface area contributed by atoms with E-state index in [0.29, 0.717) is 30.5 Å². The molecule has 0 atom stereocenters. The number of thioether (sulfide) groups is 1. The fourth-order valence-electron chi connectivity index (χ4n) is 3.41. The zero-order valence-electron chi connectivity index (χ0n) is 18.8. The maximum Gasteiger partial charge on any atom is 0.339 e. The molecule has 2 N–H and O–H groups in total. The largest absolute Gasteiger partial charge is 0.383 e. The first kappa shape index (κ1) is 23.8. The molecule has 10 heteroatoms. The van der Waals surface area contributed by atoms with Crippen molar-refractivity contribution in [3.63, 3.8) is 0 Å². The van der Waals surface area contributed by atoms with E-state index in [1.165, 1.54) is 16.3 Å². The van der Waals surface area contributed by atoms with Crippen LogP contribution in [0.25, 0.3) is 11.2 Å². The van der Waals surface area contributed by atoms with Crippen LogP contribution in [0.15, 0.2) is 40.3 Å². The molecule has 0 saturated carbocycles. The van der Waals surface area contributed by atoms with Gasteiger partial charge in [-0.25, -0.2) is 24.1 Å². The SMILES string of the molecule is CCCSc1nc(N)c2c(n1)n(Cc1ccccc1)c(=O)n2C(=O)N(CCC)CCOC. The molecule has 0 radical (unpaired) electrons. The van der Waals surface area contributed by atoms with Crippen LogP contribution >= 0.6 is 11.8 Å². The van der Waals surface area contributed by atoms with E-state index in [9.17, 15) is 9.59 Å². The highest BCUT2D eigenvalue weighted by Crippen LogP contribution is 2.23. The normalized spacial score (nSPS) is 11.2. The lowest BCUT2D eigenvalue weighted by molar-refractivity contribution is 0.150. The Kier molecular flexibility index (Phi) is 8.29. The standard InChI is InChI=1S/C22H30N6O3S/c1-4-11-26(12-13-31-3)21(29)28-17-18(23)24-20(32-14-5-2)25-19(17)27(22(28)30)15-16-9-7-6-8-10-16/h6-10H,4-5,11-15H2,1-3H3,(H2,23,24,25). The number of hydrogen-bond donors (Lipinski definition) is 1. The smallest absolute Gasteiger partial charge is 0.339 e. The van der Waals surface area contributed by atoms with Crippen molar-refractivity contribution in [2.75, 3.05) is 38.3 Å². The van der Waals surface area contributed by atoms with E-state index in [4.69, 9.17) is 10.5 Å². The van der Waals surface area contributed by atoms with E-state index in [0.717, 1.165) is 28.7 Å². The third-order valence-electron chi connectivity index (χ3n) is 4.91. The molecule has 172 valence electrons. The molecule has 2 heterocycles. The molecule has 9 nitrogen and oxygen atoms in total. The Morgan fingerprint density at radius 2 is 1.91 bits per heavy atom. The van der Waals surface area contributed by atoms with Crippen molar-refractivity contribution in [3.05, 3.63) is 46.4 Å². The van der Waals surface area contributed by atoms with E-state index in [-0.39, 0.29) is 17.9 Å². The van der Waals surface area contributed by atoms with E-state index >= 15 is 0 Å². The number of nitrogen functional groups attached to an aromatic ring is 1. The van der Waals surface area contributed by atoms with Gasteiger partial charge < -0.3 is 15.4 Å². The van der Waals surface area contributed by atoms with Crippen molar-refractivity contribution in [2.24, 2.45) is 0 Å². The molecule has 0 spiro atoms.